The summed E-state index contributed by atoms with van der Waals surface area (Å²) in [4.78, 5) is 4.85. The van der Waals surface area contributed by atoms with Gasteiger partial charge >= 0.3 is 0 Å². The largest absolute Gasteiger partial charge is 0.510 e. The van der Waals surface area contributed by atoms with Crippen LogP contribution in [-0.4, -0.2) is 14.1 Å². The molecule has 0 aliphatic carbocycles. The van der Waals surface area contributed by atoms with Crippen molar-refractivity contribution in [2.75, 3.05) is 0 Å². The number of pyridine rings is 1. The van der Waals surface area contributed by atoms with Crippen molar-refractivity contribution in [3.05, 3.63) is 187 Å². The molecule has 0 radical (unpaired) electrons. The molecule has 59 heavy (non-hydrogen) atoms. The third-order valence-corrected chi connectivity index (χ3v) is 9.92. The average Bonchev–Trinajstić information content (AvgIpc) is 3.91. The Morgan fingerprint density at radius 1 is 0.729 bits per heavy atom. The molecule has 9 aromatic rings. The molecular formula is C53H46N4OPt-2. The van der Waals surface area contributed by atoms with Gasteiger partial charge in [0.05, 0.1) is 19.4 Å². The molecule has 296 valence electrons. The number of ether oxygens (including phenoxy) is 1. The van der Waals surface area contributed by atoms with Crippen LogP contribution in [0.25, 0.3) is 61.3 Å². The molecule has 5 nitrogen and oxygen atoms in total. The molecule has 0 fully saturated rings. The number of fused-ring (bicyclic) bond motifs is 3. The van der Waals surface area contributed by atoms with Gasteiger partial charge in [0.25, 0.3) is 6.33 Å². The van der Waals surface area contributed by atoms with Gasteiger partial charge in [-0.3, -0.25) is 4.57 Å². The second kappa shape index (κ2) is 16.0. The van der Waals surface area contributed by atoms with Crippen LogP contribution in [0.5, 0.6) is 11.5 Å². The molecule has 9 rings (SSSR count). The van der Waals surface area contributed by atoms with E-state index in [1.54, 1.807) is 53.4 Å². The fourth-order valence-corrected chi connectivity index (χ4v) is 7.30. The van der Waals surface area contributed by atoms with E-state index in [4.69, 9.17) is 23.4 Å². The Morgan fingerprint density at radius 2 is 1.41 bits per heavy atom. The average molecular weight is 960 g/mol. The van der Waals surface area contributed by atoms with Crippen LogP contribution in [0, 0.1) is 23.9 Å². The fourth-order valence-electron chi connectivity index (χ4n) is 7.30. The van der Waals surface area contributed by atoms with E-state index in [2.05, 4.69) is 94.9 Å². The molecule has 3 heterocycles. The zero-order chi connectivity index (χ0) is 48.7. The third kappa shape index (κ3) is 8.18. The van der Waals surface area contributed by atoms with E-state index in [9.17, 15) is 0 Å². The summed E-state index contributed by atoms with van der Waals surface area (Å²) in [7, 11) is 0. The summed E-state index contributed by atoms with van der Waals surface area (Å²) in [5.74, 6) is 1.59. The molecule has 6 heteroatoms. The van der Waals surface area contributed by atoms with Gasteiger partial charge in [-0.05, 0) is 79.9 Å². The van der Waals surface area contributed by atoms with E-state index in [0.29, 0.717) is 17.2 Å². The Balaban J connectivity index is 0.00000642. The van der Waals surface area contributed by atoms with Gasteiger partial charge in [0, 0.05) is 56.7 Å². The number of imidazole rings is 1. The smallest absolute Gasteiger partial charge is 0.267 e. The molecule has 0 atom stereocenters. The predicted octanol–water partition coefficient (Wildman–Crippen LogP) is 12.7. The van der Waals surface area contributed by atoms with Crippen LogP contribution < -0.4 is 9.30 Å². The quantitative estimate of drug-likeness (QED) is 0.112. The molecule has 0 aliphatic heterocycles. The number of hydrogen-bond donors (Lipinski definition) is 0. The van der Waals surface area contributed by atoms with E-state index in [1.165, 1.54) is 15.7 Å². The second-order valence-electron chi connectivity index (χ2n) is 16.5. The predicted molar refractivity (Wildman–Crippen MR) is 235 cm³/mol. The zero-order valence-electron chi connectivity index (χ0n) is 43.5. The Bertz CT molecular complexity index is 3370. The second-order valence-corrected chi connectivity index (χ2v) is 16.5. The van der Waals surface area contributed by atoms with Gasteiger partial charge in [-0.1, -0.05) is 138 Å². The first-order valence-electron chi connectivity index (χ1n) is 24.1. The van der Waals surface area contributed by atoms with Crippen LogP contribution in [0.2, 0.25) is 0 Å². The summed E-state index contributed by atoms with van der Waals surface area (Å²) < 4.78 is 97.4. The van der Waals surface area contributed by atoms with E-state index >= 15 is 0 Å². The molecule has 0 amide bonds. The molecule has 0 bridgehead atoms. The van der Waals surface area contributed by atoms with Crippen LogP contribution in [-0.2, 0) is 32.9 Å². The van der Waals surface area contributed by atoms with Gasteiger partial charge < -0.3 is 13.9 Å². The number of nitrogens with zero attached hydrogens (tertiary/aromatic N) is 4. The zero-order valence-corrected chi connectivity index (χ0v) is 35.7. The van der Waals surface area contributed by atoms with Crippen LogP contribution in [0.15, 0.2) is 158 Å². The Labute approximate surface area is 375 Å². The maximum absolute atomic E-state index is 8.86. The van der Waals surface area contributed by atoms with Crippen molar-refractivity contribution in [3.63, 3.8) is 0 Å². The van der Waals surface area contributed by atoms with Crippen molar-refractivity contribution in [3.8, 4) is 50.9 Å². The standard InChI is InChI=1S/C53H46N4O.Pt/c1-52(2,3)35-37-27-28-54-50(31-37)57-48-26-23-40(53(4,5)6)32-47(48)46-25-24-43(34-49(46)57)58-42-20-13-19-41(33-42)55-29-30-56(36-55)51-44(38-15-9-7-10-16-38)21-14-22-45(51)39-17-11-8-12-18-39;/h7-32H,35H2,1-6H3;/q-2;/i7D,8D,9D,10D,11D,12D,15D,16D,17D,18D;. The summed E-state index contributed by atoms with van der Waals surface area (Å²) in [5.41, 5.74) is 4.88. The van der Waals surface area contributed by atoms with Crippen molar-refractivity contribution < 1.29 is 44.1 Å². The van der Waals surface area contributed by atoms with Crippen LogP contribution >= 0.6 is 0 Å². The van der Waals surface area contributed by atoms with Crippen LogP contribution in [0.1, 0.15) is 66.4 Å². The number of hydrogen-bond acceptors (Lipinski definition) is 2. The number of benzene rings is 6. The first-order valence-corrected chi connectivity index (χ1v) is 19.1. The van der Waals surface area contributed by atoms with E-state index in [-0.39, 0.29) is 59.8 Å². The van der Waals surface area contributed by atoms with Crippen molar-refractivity contribution in [1.29, 1.82) is 0 Å². The minimum absolute atomic E-state index is 0. The van der Waals surface area contributed by atoms with Gasteiger partial charge in [-0.25, -0.2) is 4.98 Å². The Hall–Kier alpha value is -6.03. The monoisotopic (exact) mass is 959 g/mol. The topological polar surface area (TPSA) is 35.9 Å². The van der Waals surface area contributed by atoms with Crippen LogP contribution in [0.4, 0.5) is 0 Å². The summed E-state index contributed by atoms with van der Waals surface area (Å²) in [6, 6.07) is 26.4. The molecular weight excluding hydrogens is 904 g/mol. The maximum atomic E-state index is 8.86. The SMILES string of the molecule is [2H]c1c([2H])c([2H])c(-c2cccc(-c3c([2H])c([2H])c([2H])c([2H])c3[2H])c2-[n+]2[c-]n(-c3[c-]c(Oc4[c-]c5c(cc4)c4cc(C(C)(C)C)ccc4n5-c4cc(CC(C)(C)C)ccn4)ccc3)cc2)c([2H])c1[2H].[Pt]. The van der Waals surface area contributed by atoms with E-state index in [0.717, 1.165) is 34.0 Å². The first kappa shape index (κ1) is 29.2. The first-order chi connectivity index (χ1) is 32.1. The summed E-state index contributed by atoms with van der Waals surface area (Å²) >= 11 is 0. The van der Waals surface area contributed by atoms with Gasteiger partial charge in [0.15, 0.2) is 0 Å². The minimum atomic E-state index is -0.567. The molecule has 0 spiro atoms. The number of rotatable bonds is 8. The van der Waals surface area contributed by atoms with Crippen molar-refractivity contribution in [2.45, 2.75) is 53.4 Å². The molecule has 0 saturated heterocycles. The molecule has 0 unspecified atom stereocenters. The van der Waals surface area contributed by atoms with Gasteiger partial charge in [-0.15, -0.1) is 29.7 Å². The Morgan fingerprint density at radius 3 is 2.08 bits per heavy atom. The number of para-hydroxylation sites is 1. The normalized spacial score (nSPS) is 14.2. The van der Waals surface area contributed by atoms with Gasteiger partial charge in [-0.2, -0.15) is 18.2 Å². The molecule has 0 aliphatic rings. The van der Waals surface area contributed by atoms with Gasteiger partial charge in [0.1, 0.15) is 5.82 Å². The molecule has 0 N–H and O–H groups in total. The molecule has 0 saturated carbocycles. The molecule has 3 aromatic heterocycles. The number of aromatic nitrogens is 4. The minimum Gasteiger partial charge on any atom is -0.510 e. The van der Waals surface area contributed by atoms with Crippen molar-refractivity contribution in [2.24, 2.45) is 5.41 Å². The maximum Gasteiger partial charge on any atom is 0.267 e. The molecule has 6 aromatic carbocycles. The van der Waals surface area contributed by atoms with E-state index in [1.807, 2.05) is 18.3 Å². The summed E-state index contributed by atoms with van der Waals surface area (Å²) in [5, 5.41) is 2.07. The van der Waals surface area contributed by atoms with Gasteiger partial charge in [0.2, 0.25) is 0 Å². The summed E-state index contributed by atoms with van der Waals surface area (Å²) in [6.07, 6.45) is 9.25. The van der Waals surface area contributed by atoms with Crippen molar-refractivity contribution >= 4 is 21.8 Å². The fraction of sp³-hybridized carbons (Fsp3) is 0.170. The Kier molecular flexibility index (Phi) is 7.90. The summed E-state index contributed by atoms with van der Waals surface area (Å²) in [6.45, 7) is 13.2. The third-order valence-electron chi connectivity index (χ3n) is 9.92. The van der Waals surface area contributed by atoms with Crippen molar-refractivity contribution in [1.82, 2.24) is 14.1 Å². The van der Waals surface area contributed by atoms with E-state index < -0.39 is 60.4 Å². The van der Waals surface area contributed by atoms with Crippen LogP contribution in [0.3, 0.4) is 0 Å².